The van der Waals surface area contributed by atoms with E-state index < -0.39 is 0 Å². The SMILES string of the molecule is CC.CCCCCCC.COc1ccc(C2=C(c3ccnc(NC4CC4)n3)CC(C)=N2)cc1. The quantitative estimate of drug-likeness (QED) is 0.396. The summed E-state index contributed by atoms with van der Waals surface area (Å²) in [5.41, 5.74) is 5.27. The zero-order valence-electron chi connectivity index (χ0n) is 21.4. The molecule has 2 heterocycles. The molecule has 1 aliphatic carbocycles. The van der Waals surface area contributed by atoms with Crippen LogP contribution in [-0.2, 0) is 0 Å². The zero-order chi connectivity index (χ0) is 24.1. The van der Waals surface area contributed by atoms with Gasteiger partial charge >= 0.3 is 0 Å². The molecular formula is C28H42N4O. The van der Waals surface area contributed by atoms with Crippen molar-refractivity contribution in [2.24, 2.45) is 4.99 Å². The Balaban J connectivity index is 0.000000370. The molecular weight excluding hydrogens is 408 g/mol. The van der Waals surface area contributed by atoms with E-state index in [1.54, 1.807) is 7.11 Å². The minimum absolute atomic E-state index is 0.539. The molecule has 0 saturated heterocycles. The lowest BCUT2D eigenvalue weighted by Crippen LogP contribution is -2.06. The number of allylic oxidation sites excluding steroid dienone is 1. The Morgan fingerprint density at radius 3 is 2.21 bits per heavy atom. The number of benzene rings is 1. The summed E-state index contributed by atoms with van der Waals surface area (Å²) in [6, 6.07) is 10.5. The molecule has 180 valence electrons. The molecule has 0 amide bonds. The molecule has 5 nitrogen and oxygen atoms in total. The molecule has 5 heteroatoms. The van der Waals surface area contributed by atoms with Gasteiger partial charge in [-0.05, 0) is 50.1 Å². The minimum Gasteiger partial charge on any atom is -0.497 e. The minimum atomic E-state index is 0.539. The van der Waals surface area contributed by atoms with Gasteiger partial charge in [-0.25, -0.2) is 9.97 Å². The van der Waals surface area contributed by atoms with Crippen LogP contribution in [0, 0.1) is 0 Å². The fraction of sp³-hybridized carbons (Fsp3) is 0.536. The lowest BCUT2D eigenvalue weighted by atomic mass is 10.0. The van der Waals surface area contributed by atoms with Crippen LogP contribution in [0.2, 0.25) is 0 Å². The number of anilines is 1. The van der Waals surface area contributed by atoms with E-state index in [1.807, 2.05) is 50.4 Å². The molecule has 2 aromatic rings. The molecule has 0 radical (unpaired) electrons. The molecule has 0 unspecified atom stereocenters. The first kappa shape index (κ1) is 26.6. The maximum Gasteiger partial charge on any atom is 0.223 e. The third kappa shape index (κ3) is 8.64. The van der Waals surface area contributed by atoms with Crippen LogP contribution >= 0.6 is 0 Å². The van der Waals surface area contributed by atoms with Crippen molar-refractivity contribution in [1.29, 1.82) is 0 Å². The van der Waals surface area contributed by atoms with E-state index in [0.29, 0.717) is 12.0 Å². The summed E-state index contributed by atoms with van der Waals surface area (Å²) in [5.74, 6) is 1.55. The first-order chi connectivity index (χ1) is 16.1. The zero-order valence-corrected chi connectivity index (χ0v) is 21.4. The smallest absolute Gasteiger partial charge is 0.223 e. The number of nitrogens with zero attached hydrogens (tertiary/aromatic N) is 3. The van der Waals surface area contributed by atoms with E-state index >= 15 is 0 Å². The molecule has 0 atom stereocenters. The van der Waals surface area contributed by atoms with Gasteiger partial charge in [-0.15, -0.1) is 0 Å². The van der Waals surface area contributed by atoms with E-state index in [9.17, 15) is 0 Å². The van der Waals surface area contributed by atoms with Gasteiger partial charge in [0.1, 0.15) is 5.75 Å². The van der Waals surface area contributed by atoms with Crippen LogP contribution in [0.15, 0.2) is 41.5 Å². The predicted molar refractivity (Wildman–Crippen MR) is 142 cm³/mol. The molecule has 2 aliphatic rings. The van der Waals surface area contributed by atoms with Gasteiger partial charge in [0.25, 0.3) is 0 Å². The summed E-state index contributed by atoms with van der Waals surface area (Å²) in [6.45, 7) is 10.5. The Hall–Kier alpha value is -2.69. The number of nitrogens with one attached hydrogen (secondary N) is 1. The lowest BCUT2D eigenvalue weighted by molar-refractivity contribution is 0.415. The van der Waals surface area contributed by atoms with Crippen LogP contribution in [-0.4, -0.2) is 28.8 Å². The van der Waals surface area contributed by atoms with Crippen molar-refractivity contribution >= 4 is 22.9 Å². The largest absolute Gasteiger partial charge is 0.497 e. The number of hydrogen-bond donors (Lipinski definition) is 1. The number of rotatable bonds is 9. The molecule has 1 aliphatic heterocycles. The first-order valence-corrected chi connectivity index (χ1v) is 12.7. The van der Waals surface area contributed by atoms with E-state index in [-0.39, 0.29) is 0 Å². The standard InChI is InChI=1S/C19H20N4O.C7H16.C2H6/c1-12-11-16(17-9-10-20-19(23-17)22-14-5-6-14)18(21-12)13-3-7-15(24-2)8-4-13;1-3-5-7-6-4-2;1-2/h3-4,7-10,14H,5-6,11H2,1-2H3,(H,20,22,23);3-7H2,1-2H3;1-2H3. The van der Waals surface area contributed by atoms with Crippen molar-refractivity contribution in [3.05, 3.63) is 47.8 Å². The van der Waals surface area contributed by atoms with Crippen molar-refractivity contribution in [1.82, 2.24) is 9.97 Å². The van der Waals surface area contributed by atoms with Crippen LogP contribution in [0.3, 0.4) is 0 Å². The summed E-state index contributed by atoms with van der Waals surface area (Å²) in [6.07, 6.45) is 12.1. The van der Waals surface area contributed by atoms with Gasteiger partial charge < -0.3 is 10.1 Å². The number of unbranched alkanes of at least 4 members (excludes halogenated alkanes) is 4. The molecule has 1 saturated carbocycles. The highest BCUT2D eigenvalue weighted by atomic mass is 16.5. The van der Waals surface area contributed by atoms with Crippen molar-refractivity contribution < 1.29 is 4.74 Å². The molecule has 4 rings (SSSR count). The summed E-state index contributed by atoms with van der Waals surface area (Å²) >= 11 is 0. The van der Waals surface area contributed by atoms with Crippen molar-refractivity contribution in [3.8, 4) is 5.75 Å². The van der Waals surface area contributed by atoms with Crippen molar-refractivity contribution in [3.63, 3.8) is 0 Å². The lowest BCUT2D eigenvalue weighted by Gasteiger charge is -2.09. The van der Waals surface area contributed by atoms with Crippen LogP contribution in [0.5, 0.6) is 5.75 Å². The Labute approximate surface area is 200 Å². The molecule has 1 aromatic carbocycles. The molecule has 0 spiro atoms. The van der Waals surface area contributed by atoms with E-state index in [2.05, 4.69) is 31.1 Å². The topological polar surface area (TPSA) is 59.4 Å². The van der Waals surface area contributed by atoms with Gasteiger partial charge in [0.15, 0.2) is 0 Å². The highest BCUT2D eigenvalue weighted by molar-refractivity contribution is 6.08. The summed E-state index contributed by atoms with van der Waals surface area (Å²) in [7, 11) is 1.67. The number of hydrogen-bond acceptors (Lipinski definition) is 5. The van der Waals surface area contributed by atoms with Gasteiger partial charge in [-0.1, -0.05) is 59.8 Å². The van der Waals surface area contributed by atoms with Gasteiger partial charge in [-0.3, -0.25) is 4.99 Å². The third-order valence-corrected chi connectivity index (χ3v) is 5.47. The number of aliphatic imine (C=N–C) groups is 1. The number of aromatic nitrogens is 2. The fourth-order valence-electron chi connectivity index (χ4n) is 3.52. The molecule has 1 aromatic heterocycles. The summed E-state index contributed by atoms with van der Waals surface area (Å²) < 4.78 is 5.24. The Kier molecular flexibility index (Phi) is 11.6. The van der Waals surface area contributed by atoms with E-state index in [0.717, 1.165) is 40.4 Å². The van der Waals surface area contributed by atoms with Crippen molar-refractivity contribution in [2.75, 3.05) is 12.4 Å². The normalized spacial score (nSPS) is 14.5. The monoisotopic (exact) mass is 450 g/mol. The van der Waals surface area contributed by atoms with E-state index in [1.165, 1.54) is 44.9 Å². The van der Waals surface area contributed by atoms with Crippen LogP contribution < -0.4 is 10.1 Å². The van der Waals surface area contributed by atoms with Crippen LogP contribution in [0.4, 0.5) is 5.95 Å². The summed E-state index contributed by atoms with van der Waals surface area (Å²) in [5, 5.41) is 3.36. The highest BCUT2D eigenvalue weighted by Gasteiger charge is 2.23. The first-order valence-electron chi connectivity index (χ1n) is 12.7. The van der Waals surface area contributed by atoms with Gasteiger partial charge in [0.05, 0.1) is 18.5 Å². The van der Waals surface area contributed by atoms with Crippen LogP contribution in [0.25, 0.3) is 11.3 Å². The second kappa shape index (κ2) is 14.5. The van der Waals surface area contributed by atoms with Crippen molar-refractivity contribution in [2.45, 2.75) is 92.0 Å². The molecule has 1 N–H and O–H groups in total. The Morgan fingerprint density at radius 1 is 0.970 bits per heavy atom. The number of methoxy groups -OCH3 is 1. The molecule has 1 fully saturated rings. The molecule has 0 bridgehead atoms. The second-order valence-corrected chi connectivity index (χ2v) is 8.32. The van der Waals surface area contributed by atoms with Gasteiger partial charge in [-0.2, -0.15) is 0 Å². The summed E-state index contributed by atoms with van der Waals surface area (Å²) in [4.78, 5) is 13.8. The third-order valence-electron chi connectivity index (χ3n) is 5.47. The molecule has 33 heavy (non-hydrogen) atoms. The average molecular weight is 451 g/mol. The maximum absolute atomic E-state index is 5.24. The van der Waals surface area contributed by atoms with Gasteiger partial charge in [0, 0.05) is 35.5 Å². The predicted octanol–water partition coefficient (Wildman–Crippen LogP) is 7.80. The number of ether oxygens (including phenoxy) is 1. The fourth-order valence-corrected chi connectivity index (χ4v) is 3.52. The Morgan fingerprint density at radius 2 is 1.64 bits per heavy atom. The maximum atomic E-state index is 5.24. The second-order valence-electron chi connectivity index (χ2n) is 8.32. The Bertz CT molecular complexity index is 894. The average Bonchev–Trinajstić information content (AvgIpc) is 3.59. The van der Waals surface area contributed by atoms with Crippen LogP contribution in [0.1, 0.15) is 97.2 Å². The highest BCUT2D eigenvalue weighted by Crippen LogP contribution is 2.35. The van der Waals surface area contributed by atoms with E-state index in [4.69, 9.17) is 14.7 Å². The van der Waals surface area contributed by atoms with Gasteiger partial charge in [0.2, 0.25) is 5.95 Å².